The Morgan fingerprint density at radius 3 is 2.31 bits per heavy atom. The van der Waals surface area contributed by atoms with Crippen LogP contribution in [-0.2, 0) is 4.79 Å². The number of likely N-dealkylation sites (tertiary alicyclic amines) is 1. The zero-order valence-electron chi connectivity index (χ0n) is 17.1. The van der Waals surface area contributed by atoms with Crippen molar-refractivity contribution < 1.29 is 14.5 Å². The summed E-state index contributed by atoms with van der Waals surface area (Å²) in [7, 11) is 0. The number of nitro groups is 1. The summed E-state index contributed by atoms with van der Waals surface area (Å²) in [6, 6.07) is 7.21. The molecule has 1 atom stereocenters. The monoisotopic (exact) mass is 477 g/mol. The van der Waals surface area contributed by atoms with Crippen LogP contribution in [0.2, 0.25) is 10.0 Å². The molecule has 2 amide bonds. The van der Waals surface area contributed by atoms with Gasteiger partial charge in [-0.05, 0) is 37.1 Å². The van der Waals surface area contributed by atoms with Crippen LogP contribution < -0.4 is 4.90 Å². The summed E-state index contributed by atoms with van der Waals surface area (Å²) in [5.41, 5.74) is 0.311. The first kappa shape index (κ1) is 22.3. The van der Waals surface area contributed by atoms with Gasteiger partial charge >= 0.3 is 0 Å². The highest BCUT2D eigenvalue weighted by Gasteiger charge is 2.38. The highest BCUT2D eigenvalue weighted by Crippen LogP contribution is 2.26. The topological polar surface area (TPSA) is 99.9 Å². The fraction of sp³-hybridized carbons (Fsp3) is 0.381. The van der Waals surface area contributed by atoms with Gasteiger partial charge < -0.3 is 14.7 Å². The normalized spacial score (nSPS) is 18.7. The van der Waals surface area contributed by atoms with Crippen LogP contribution in [0.5, 0.6) is 0 Å². The number of carbonyl (C=O) groups excluding carboxylic acids is 2. The van der Waals surface area contributed by atoms with E-state index in [1.54, 1.807) is 34.1 Å². The van der Waals surface area contributed by atoms with E-state index in [0.29, 0.717) is 60.6 Å². The Bertz CT molecular complexity index is 1020. The molecule has 0 spiro atoms. The van der Waals surface area contributed by atoms with Gasteiger partial charge in [0.05, 0.1) is 4.92 Å². The predicted octanol–water partition coefficient (Wildman–Crippen LogP) is 3.25. The number of benzene rings is 1. The van der Waals surface area contributed by atoms with Gasteiger partial charge in [0.2, 0.25) is 5.91 Å². The average Bonchev–Trinajstić information content (AvgIpc) is 3.27. The summed E-state index contributed by atoms with van der Waals surface area (Å²) in [6.45, 7) is 2.59. The molecule has 2 aliphatic rings. The van der Waals surface area contributed by atoms with E-state index < -0.39 is 11.0 Å². The Labute approximate surface area is 194 Å². The third-order valence-electron chi connectivity index (χ3n) is 5.77. The minimum atomic E-state index is -0.510. The lowest BCUT2D eigenvalue weighted by molar-refractivity contribution is -0.385. The fourth-order valence-corrected chi connectivity index (χ4v) is 4.68. The second kappa shape index (κ2) is 9.30. The van der Waals surface area contributed by atoms with E-state index in [0.717, 1.165) is 6.42 Å². The lowest BCUT2D eigenvalue weighted by atomic mass is 10.1. The van der Waals surface area contributed by atoms with E-state index in [-0.39, 0.29) is 17.5 Å². The molecule has 168 valence electrons. The second-order valence-corrected chi connectivity index (χ2v) is 8.63. The number of pyridine rings is 1. The van der Waals surface area contributed by atoms with E-state index in [1.165, 1.54) is 12.3 Å². The van der Waals surface area contributed by atoms with Crippen molar-refractivity contribution in [2.45, 2.75) is 18.9 Å². The van der Waals surface area contributed by atoms with Gasteiger partial charge in [-0.1, -0.05) is 23.2 Å². The van der Waals surface area contributed by atoms with E-state index >= 15 is 0 Å². The second-order valence-electron chi connectivity index (χ2n) is 7.76. The maximum absolute atomic E-state index is 13.2. The van der Waals surface area contributed by atoms with E-state index in [1.807, 2.05) is 4.90 Å². The molecule has 4 rings (SSSR count). The molecule has 1 aromatic heterocycles. The first-order valence-electron chi connectivity index (χ1n) is 10.2. The molecule has 2 aliphatic heterocycles. The van der Waals surface area contributed by atoms with Gasteiger partial charge in [-0.2, -0.15) is 0 Å². The number of halogens is 2. The molecule has 3 heterocycles. The summed E-state index contributed by atoms with van der Waals surface area (Å²) >= 11 is 12.1. The number of hydrogen-bond acceptors (Lipinski definition) is 6. The van der Waals surface area contributed by atoms with Crippen molar-refractivity contribution in [1.82, 2.24) is 14.8 Å². The van der Waals surface area contributed by atoms with Gasteiger partial charge in [0.25, 0.3) is 11.6 Å². The van der Waals surface area contributed by atoms with Crippen molar-refractivity contribution in [3.8, 4) is 0 Å². The number of piperazine rings is 1. The lowest BCUT2D eigenvalue weighted by Crippen LogP contribution is -2.54. The first-order valence-corrected chi connectivity index (χ1v) is 11.0. The van der Waals surface area contributed by atoms with E-state index in [2.05, 4.69) is 4.98 Å². The standard InChI is InChI=1S/C21H21Cl2N5O4/c22-15-10-14(11-16(23)12-15)20(29)27-5-1-2-18(27)21(30)26-8-6-25(7-9-26)19-4-3-17(13-24-19)28(31)32/h3-4,10-13,18H,1-2,5-9H2. The number of anilines is 1. The molecule has 0 aliphatic carbocycles. The lowest BCUT2D eigenvalue weighted by Gasteiger charge is -2.37. The third kappa shape index (κ3) is 4.63. The molecule has 0 bridgehead atoms. The van der Waals surface area contributed by atoms with Gasteiger partial charge in [-0.3, -0.25) is 19.7 Å². The largest absolute Gasteiger partial charge is 0.353 e. The maximum atomic E-state index is 13.2. The molecule has 11 heteroatoms. The molecule has 0 saturated carbocycles. The van der Waals surface area contributed by atoms with Crippen LogP contribution in [0.4, 0.5) is 11.5 Å². The summed E-state index contributed by atoms with van der Waals surface area (Å²) < 4.78 is 0. The Hall–Kier alpha value is -2.91. The number of aromatic nitrogens is 1. The summed E-state index contributed by atoms with van der Waals surface area (Å²) in [5.74, 6) is 0.317. The van der Waals surface area contributed by atoms with Crippen LogP contribution in [-0.4, -0.2) is 70.3 Å². The van der Waals surface area contributed by atoms with Crippen LogP contribution in [0.15, 0.2) is 36.5 Å². The van der Waals surface area contributed by atoms with Gasteiger partial charge in [0.1, 0.15) is 18.1 Å². The quantitative estimate of drug-likeness (QED) is 0.494. The molecule has 1 aromatic carbocycles. The molecular formula is C21H21Cl2N5O4. The molecule has 2 saturated heterocycles. The Kier molecular flexibility index (Phi) is 6.48. The average molecular weight is 478 g/mol. The highest BCUT2D eigenvalue weighted by molar-refractivity contribution is 6.35. The number of nitrogens with zero attached hydrogens (tertiary/aromatic N) is 5. The summed E-state index contributed by atoms with van der Waals surface area (Å²) in [6.07, 6.45) is 2.60. The molecule has 0 radical (unpaired) electrons. The van der Waals surface area contributed by atoms with Gasteiger partial charge in [-0.15, -0.1) is 0 Å². The number of rotatable bonds is 4. The van der Waals surface area contributed by atoms with Crippen LogP contribution >= 0.6 is 23.2 Å². The molecule has 0 N–H and O–H groups in total. The summed E-state index contributed by atoms with van der Waals surface area (Å²) in [5, 5.41) is 11.5. The zero-order valence-corrected chi connectivity index (χ0v) is 18.6. The SMILES string of the molecule is O=C(C1CCCN1C(=O)c1cc(Cl)cc(Cl)c1)N1CCN(c2ccc([N+](=O)[O-])cn2)CC1. The van der Waals surface area contributed by atoms with Crippen LogP contribution in [0.25, 0.3) is 0 Å². The van der Waals surface area contributed by atoms with E-state index in [9.17, 15) is 19.7 Å². The first-order chi connectivity index (χ1) is 15.3. The van der Waals surface area contributed by atoms with Crippen LogP contribution in [0, 0.1) is 10.1 Å². The predicted molar refractivity (Wildman–Crippen MR) is 120 cm³/mol. The van der Waals surface area contributed by atoms with Crippen molar-refractivity contribution in [3.63, 3.8) is 0 Å². The zero-order chi connectivity index (χ0) is 22.8. The third-order valence-corrected chi connectivity index (χ3v) is 6.20. The minimum absolute atomic E-state index is 0.0606. The smallest absolute Gasteiger partial charge is 0.287 e. The maximum Gasteiger partial charge on any atom is 0.287 e. The van der Waals surface area contributed by atoms with Crippen molar-refractivity contribution in [1.29, 1.82) is 0 Å². The number of amides is 2. The van der Waals surface area contributed by atoms with Crippen LogP contribution in [0.1, 0.15) is 23.2 Å². The molecule has 32 heavy (non-hydrogen) atoms. The van der Waals surface area contributed by atoms with E-state index in [4.69, 9.17) is 23.2 Å². The fourth-order valence-electron chi connectivity index (χ4n) is 4.15. The molecular weight excluding hydrogens is 457 g/mol. The van der Waals surface area contributed by atoms with Crippen LogP contribution in [0.3, 0.4) is 0 Å². The number of hydrogen-bond donors (Lipinski definition) is 0. The van der Waals surface area contributed by atoms with Gasteiger partial charge in [0, 0.05) is 54.4 Å². The van der Waals surface area contributed by atoms with Crippen molar-refractivity contribution in [2.24, 2.45) is 0 Å². The molecule has 9 nitrogen and oxygen atoms in total. The number of carbonyl (C=O) groups is 2. The Morgan fingerprint density at radius 2 is 1.72 bits per heavy atom. The van der Waals surface area contributed by atoms with Crippen molar-refractivity contribution >= 4 is 46.5 Å². The Morgan fingerprint density at radius 1 is 1.03 bits per heavy atom. The molecule has 2 fully saturated rings. The van der Waals surface area contributed by atoms with Gasteiger partial charge in [-0.25, -0.2) is 4.98 Å². The molecule has 1 unspecified atom stereocenters. The molecule has 2 aromatic rings. The highest BCUT2D eigenvalue weighted by atomic mass is 35.5. The van der Waals surface area contributed by atoms with Crippen molar-refractivity contribution in [3.05, 3.63) is 62.3 Å². The minimum Gasteiger partial charge on any atom is -0.353 e. The van der Waals surface area contributed by atoms with Crippen molar-refractivity contribution in [2.75, 3.05) is 37.6 Å². The van der Waals surface area contributed by atoms with Gasteiger partial charge in [0.15, 0.2) is 0 Å². The summed E-state index contributed by atoms with van der Waals surface area (Å²) in [4.78, 5) is 46.1. The Balaban J connectivity index is 1.40.